The van der Waals surface area contributed by atoms with Crippen LogP contribution in [0.2, 0.25) is 0 Å². The Morgan fingerprint density at radius 3 is 2.59 bits per heavy atom. The molecule has 0 fully saturated rings. The van der Waals surface area contributed by atoms with Crippen LogP contribution in [0.5, 0.6) is 11.5 Å². The lowest BCUT2D eigenvalue weighted by Crippen LogP contribution is -2.35. The van der Waals surface area contributed by atoms with Gasteiger partial charge in [-0.1, -0.05) is 28.9 Å². The molecule has 1 amide bonds. The van der Waals surface area contributed by atoms with Crippen LogP contribution in [0.15, 0.2) is 51.7 Å². The van der Waals surface area contributed by atoms with Crippen LogP contribution in [0.4, 0.5) is 0 Å². The summed E-state index contributed by atoms with van der Waals surface area (Å²) in [6, 6.07) is 13.0. The number of hydrogen-bond acceptors (Lipinski definition) is 5. The number of aryl methyl sites for hydroxylation is 1. The number of halogens is 1. The lowest BCUT2D eigenvalue weighted by Gasteiger charge is -2.12. The molecule has 166 valence electrons. The molecule has 0 saturated heterocycles. The molecule has 2 heterocycles. The number of hydrogen-bond donors (Lipinski definition) is 1. The summed E-state index contributed by atoms with van der Waals surface area (Å²) >= 11 is 3.42. The third-order valence-corrected chi connectivity index (χ3v) is 5.79. The lowest BCUT2D eigenvalue weighted by atomic mass is 10.2. The van der Waals surface area contributed by atoms with Gasteiger partial charge in [0.15, 0.2) is 0 Å². The number of benzene rings is 2. The van der Waals surface area contributed by atoms with Crippen molar-refractivity contribution in [2.24, 2.45) is 0 Å². The molecule has 0 aliphatic carbocycles. The molecule has 0 bridgehead atoms. The predicted molar refractivity (Wildman–Crippen MR) is 125 cm³/mol. The number of methoxy groups -OCH3 is 2. The van der Waals surface area contributed by atoms with Crippen LogP contribution in [0.25, 0.3) is 16.4 Å². The topological polar surface area (TPSA) is 86.9 Å². The van der Waals surface area contributed by atoms with Gasteiger partial charge in [-0.3, -0.25) is 14.0 Å². The van der Waals surface area contributed by atoms with E-state index in [1.54, 1.807) is 20.3 Å². The molecule has 0 spiro atoms. The number of fused-ring (bicyclic) bond motifs is 3. The van der Waals surface area contributed by atoms with Gasteiger partial charge < -0.3 is 14.8 Å². The zero-order valence-electron chi connectivity index (χ0n) is 18.0. The average molecular weight is 499 g/mol. The van der Waals surface area contributed by atoms with Gasteiger partial charge in [0.05, 0.1) is 19.7 Å². The molecule has 1 N–H and O–H groups in total. The van der Waals surface area contributed by atoms with E-state index in [1.807, 2.05) is 47.7 Å². The van der Waals surface area contributed by atoms with Gasteiger partial charge in [-0.05, 0) is 36.4 Å². The Morgan fingerprint density at radius 2 is 1.88 bits per heavy atom. The van der Waals surface area contributed by atoms with Crippen molar-refractivity contribution in [2.45, 2.75) is 26.4 Å². The van der Waals surface area contributed by atoms with Gasteiger partial charge in [-0.2, -0.15) is 5.10 Å². The largest absolute Gasteiger partial charge is 0.496 e. The number of rotatable bonds is 7. The van der Waals surface area contributed by atoms with E-state index < -0.39 is 0 Å². The van der Waals surface area contributed by atoms with Gasteiger partial charge in [-0.25, -0.2) is 4.68 Å². The lowest BCUT2D eigenvalue weighted by molar-refractivity contribution is -0.122. The molecule has 8 nitrogen and oxygen atoms in total. The highest BCUT2D eigenvalue weighted by atomic mass is 79.9. The summed E-state index contributed by atoms with van der Waals surface area (Å²) in [6.07, 6.45) is 0.592. The molecule has 9 heteroatoms. The van der Waals surface area contributed by atoms with Crippen LogP contribution in [-0.4, -0.2) is 34.3 Å². The summed E-state index contributed by atoms with van der Waals surface area (Å²) in [5, 5.41) is 8.14. The normalized spacial score (nSPS) is 11.1. The minimum absolute atomic E-state index is 0.183. The Morgan fingerprint density at radius 1 is 1.09 bits per heavy atom. The number of ether oxygens (including phenoxy) is 2. The summed E-state index contributed by atoms with van der Waals surface area (Å²) < 4.78 is 14.7. The fourth-order valence-corrected chi connectivity index (χ4v) is 4.19. The number of carbonyl (C=O) groups excluding carboxylic acids is 1. The van der Waals surface area contributed by atoms with Crippen LogP contribution >= 0.6 is 15.9 Å². The van der Waals surface area contributed by atoms with Crippen molar-refractivity contribution in [3.8, 4) is 11.5 Å². The first-order valence-corrected chi connectivity index (χ1v) is 10.9. The molecule has 32 heavy (non-hydrogen) atoms. The van der Waals surface area contributed by atoms with Crippen molar-refractivity contribution in [3.63, 3.8) is 0 Å². The maximum atomic E-state index is 13.2. The quantitative estimate of drug-likeness (QED) is 0.422. The third kappa shape index (κ3) is 3.95. The molecule has 0 aliphatic heterocycles. The Bertz CT molecular complexity index is 1380. The van der Waals surface area contributed by atoms with Crippen molar-refractivity contribution in [1.82, 2.24) is 19.5 Å². The minimum atomic E-state index is -0.337. The molecule has 0 radical (unpaired) electrons. The van der Waals surface area contributed by atoms with E-state index >= 15 is 0 Å². The Labute approximate surface area is 192 Å². The summed E-state index contributed by atoms with van der Waals surface area (Å²) in [5.41, 5.74) is 1.79. The Balaban J connectivity index is 1.65. The van der Waals surface area contributed by atoms with Gasteiger partial charge in [0.25, 0.3) is 5.56 Å². The van der Waals surface area contributed by atoms with Crippen LogP contribution < -0.4 is 20.3 Å². The van der Waals surface area contributed by atoms with Gasteiger partial charge in [-0.15, -0.1) is 0 Å². The zero-order chi connectivity index (χ0) is 22.8. The van der Waals surface area contributed by atoms with Gasteiger partial charge in [0, 0.05) is 28.4 Å². The Hall–Kier alpha value is -3.33. The second kappa shape index (κ2) is 9.04. The number of nitrogens with one attached hydrogen (secondary N) is 1. The molecular formula is C23H23BrN4O4. The second-order valence-electron chi connectivity index (χ2n) is 7.22. The molecule has 0 atom stereocenters. The highest BCUT2D eigenvalue weighted by Crippen LogP contribution is 2.28. The van der Waals surface area contributed by atoms with Crippen molar-refractivity contribution in [3.05, 3.63) is 68.7 Å². The maximum Gasteiger partial charge on any atom is 0.291 e. The first-order valence-electron chi connectivity index (χ1n) is 10.1. The van der Waals surface area contributed by atoms with Gasteiger partial charge in [0.2, 0.25) is 5.91 Å². The molecule has 0 unspecified atom stereocenters. The van der Waals surface area contributed by atoms with Crippen molar-refractivity contribution in [2.75, 3.05) is 14.2 Å². The van der Waals surface area contributed by atoms with Crippen LogP contribution in [-0.2, 0) is 24.3 Å². The van der Waals surface area contributed by atoms with E-state index in [2.05, 4.69) is 26.3 Å². The number of nitrogens with zero attached hydrogens (tertiary/aromatic N) is 3. The third-order valence-electron chi connectivity index (χ3n) is 5.30. The van der Waals surface area contributed by atoms with E-state index in [4.69, 9.17) is 9.47 Å². The summed E-state index contributed by atoms with van der Waals surface area (Å²) in [5.74, 6) is 1.72. The van der Waals surface area contributed by atoms with E-state index in [9.17, 15) is 9.59 Å². The molecule has 2 aromatic carbocycles. The summed E-state index contributed by atoms with van der Waals surface area (Å²) in [4.78, 5) is 25.8. The Kier molecular flexibility index (Phi) is 6.18. The molecule has 4 aromatic rings. The molecule has 0 saturated carbocycles. The van der Waals surface area contributed by atoms with Crippen LogP contribution in [0, 0.1) is 0 Å². The monoisotopic (exact) mass is 498 g/mol. The van der Waals surface area contributed by atoms with E-state index in [0.29, 0.717) is 29.3 Å². The maximum absolute atomic E-state index is 13.2. The van der Waals surface area contributed by atoms with Crippen molar-refractivity contribution in [1.29, 1.82) is 0 Å². The molecular weight excluding hydrogens is 476 g/mol. The highest BCUT2D eigenvalue weighted by molar-refractivity contribution is 9.10. The van der Waals surface area contributed by atoms with Crippen molar-refractivity contribution < 1.29 is 14.3 Å². The van der Waals surface area contributed by atoms with Crippen LogP contribution in [0.1, 0.15) is 18.3 Å². The fraction of sp³-hybridized carbons (Fsp3) is 0.261. The average Bonchev–Trinajstić information content (AvgIpc) is 3.20. The highest BCUT2D eigenvalue weighted by Gasteiger charge is 2.17. The van der Waals surface area contributed by atoms with E-state index in [-0.39, 0.29) is 24.6 Å². The van der Waals surface area contributed by atoms with Gasteiger partial charge in [0.1, 0.15) is 29.4 Å². The van der Waals surface area contributed by atoms with Gasteiger partial charge >= 0.3 is 0 Å². The number of aromatic nitrogens is 3. The van der Waals surface area contributed by atoms with Crippen LogP contribution in [0.3, 0.4) is 0 Å². The standard InChI is InChI=1S/C23H23BrN4O4/c1-4-21-26-27(13-22(29)25-12-14-10-15(24)8-9-19(14)31-2)23(30)18-11-16-17(28(18)21)6-5-7-20(16)32-3/h5-11H,4,12-13H2,1-3H3,(H,25,29). The van der Waals surface area contributed by atoms with E-state index in [1.165, 1.54) is 4.68 Å². The minimum Gasteiger partial charge on any atom is -0.496 e. The smallest absolute Gasteiger partial charge is 0.291 e. The molecule has 4 rings (SSSR count). The predicted octanol–water partition coefficient (Wildman–Crippen LogP) is 3.31. The van der Waals surface area contributed by atoms with E-state index in [0.717, 1.165) is 20.9 Å². The first-order chi connectivity index (χ1) is 15.5. The summed E-state index contributed by atoms with van der Waals surface area (Å²) in [7, 11) is 3.18. The summed E-state index contributed by atoms with van der Waals surface area (Å²) in [6.45, 7) is 2.05. The number of amides is 1. The number of carbonyl (C=O) groups is 1. The molecule has 2 aromatic heterocycles. The zero-order valence-corrected chi connectivity index (χ0v) is 19.6. The SMILES string of the molecule is CCc1nn(CC(=O)NCc2cc(Br)ccc2OC)c(=O)c2cc3c(OC)cccc3n12. The first kappa shape index (κ1) is 21.9. The second-order valence-corrected chi connectivity index (χ2v) is 8.14. The van der Waals surface area contributed by atoms with Crippen molar-refractivity contribution >= 4 is 38.3 Å². The molecule has 0 aliphatic rings. The fourth-order valence-electron chi connectivity index (χ4n) is 3.79.